The van der Waals surface area contributed by atoms with E-state index >= 15 is 0 Å². The summed E-state index contributed by atoms with van der Waals surface area (Å²) in [5, 5.41) is 2.88. The van der Waals surface area contributed by atoms with Crippen molar-refractivity contribution in [3.63, 3.8) is 0 Å². The summed E-state index contributed by atoms with van der Waals surface area (Å²) in [6.07, 6.45) is 0. The summed E-state index contributed by atoms with van der Waals surface area (Å²) in [7, 11) is 0. The van der Waals surface area contributed by atoms with E-state index in [0.29, 0.717) is 17.8 Å². The van der Waals surface area contributed by atoms with E-state index in [2.05, 4.69) is 5.32 Å². The predicted octanol–water partition coefficient (Wildman–Crippen LogP) is 3.23. The largest absolute Gasteiger partial charge is 0.324 e. The third kappa shape index (κ3) is 2.60. The number of hydrogen-bond donors (Lipinski definition) is 1. The number of carbonyl (C=O) groups excluding carboxylic acids is 2. The quantitative estimate of drug-likeness (QED) is 0.878. The number of carbonyl (C=O) groups is 2. The van der Waals surface area contributed by atoms with E-state index in [9.17, 15) is 9.59 Å². The molecule has 4 heteroatoms. The molecule has 0 aliphatic carbocycles. The molecule has 0 saturated heterocycles. The number of fused-ring (bicyclic) bond motifs is 1. The molecule has 0 spiro atoms. The second kappa shape index (κ2) is 5.64. The van der Waals surface area contributed by atoms with Crippen molar-refractivity contribution in [1.29, 1.82) is 0 Å². The second-order valence-corrected chi connectivity index (χ2v) is 5.69. The molecule has 0 saturated carbocycles. The number of benzene rings is 2. The van der Waals surface area contributed by atoms with E-state index in [1.807, 2.05) is 62.4 Å². The average molecular weight is 294 g/mol. The van der Waals surface area contributed by atoms with Gasteiger partial charge in [-0.05, 0) is 31.2 Å². The van der Waals surface area contributed by atoms with Gasteiger partial charge in [0.25, 0.3) is 5.91 Å². The Morgan fingerprint density at radius 1 is 1.14 bits per heavy atom. The Morgan fingerprint density at radius 2 is 1.82 bits per heavy atom. The fourth-order valence-electron chi connectivity index (χ4n) is 2.57. The topological polar surface area (TPSA) is 49.4 Å². The van der Waals surface area contributed by atoms with Crippen LogP contribution in [0.25, 0.3) is 0 Å². The van der Waals surface area contributed by atoms with Crippen LogP contribution in [0.1, 0.15) is 22.8 Å². The van der Waals surface area contributed by atoms with Crippen LogP contribution < -0.4 is 10.2 Å². The highest BCUT2D eigenvalue weighted by Gasteiger charge is 2.28. The monoisotopic (exact) mass is 294 g/mol. The van der Waals surface area contributed by atoms with Crippen LogP contribution in [0.15, 0.2) is 48.5 Å². The average Bonchev–Trinajstić information content (AvgIpc) is 2.65. The highest BCUT2D eigenvalue weighted by atomic mass is 16.2. The summed E-state index contributed by atoms with van der Waals surface area (Å²) in [5.74, 6) is -0.413. The summed E-state index contributed by atoms with van der Waals surface area (Å²) < 4.78 is 0. The van der Waals surface area contributed by atoms with Gasteiger partial charge in [0.05, 0.1) is 17.3 Å². The second-order valence-electron chi connectivity index (χ2n) is 5.69. The Labute approximate surface area is 129 Å². The minimum atomic E-state index is -0.262. The van der Waals surface area contributed by atoms with Gasteiger partial charge in [-0.1, -0.05) is 36.8 Å². The van der Waals surface area contributed by atoms with Crippen molar-refractivity contribution in [1.82, 2.24) is 0 Å². The zero-order valence-electron chi connectivity index (χ0n) is 12.7. The van der Waals surface area contributed by atoms with Gasteiger partial charge in [0.1, 0.15) is 0 Å². The van der Waals surface area contributed by atoms with Crippen LogP contribution in [0, 0.1) is 12.8 Å². The molecule has 2 aromatic carbocycles. The maximum absolute atomic E-state index is 12.9. The standard InChI is InChI=1S/C18H18N2O2/c1-12-7-9-14(10-8-12)18(22)20-11-13(2)17(21)19-15-5-3-4-6-16(15)20/h3-10,13H,11H2,1-2H3,(H,19,21). The first-order valence-electron chi connectivity index (χ1n) is 7.34. The van der Waals surface area contributed by atoms with Crippen molar-refractivity contribution in [2.24, 2.45) is 5.92 Å². The van der Waals surface area contributed by atoms with Gasteiger partial charge in [0, 0.05) is 12.1 Å². The molecule has 3 rings (SSSR count). The van der Waals surface area contributed by atoms with Crippen LogP contribution in [-0.4, -0.2) is 18.4 Å². The lowest BCUT2D eigenvalue weighted by Gasteiger charge is -2.23. The molecule has 2 aromatic rings. The van der Waals surface area contributed by atoms with Crippen molar-refractivity contribution in [2.45, 2.75) is 13.8 Å². The lowest BCUT2D eigenvalue weighted by Crippen LogP contribution is -2.35. The van der Waals surface area contributed by atoms with Crippen LogP contribution in [-0.2, 0) is 4.79 Å². The first-order valence-corrected chi connectivity index (χ1v) is 7.34. The molecule has 0 aromatic heterocycles. The Morgan fingerprint density at radius 3 is 2.55 bits per heavy atom. The number of nitrogens with one attached hydrogen (secondary N) is 1. The number of aryl methyl sites for hydroxylation is 1. The van der Waals surface area contributed by atoms with Crippen LogP contribution in [0.4, 0.5) is 11.4 Å². The molecule has 1 heterocycles. The van der Waals surface area contributed by atoms with E-state index in [-0.39, 0.29) is 17.7 Å². The molecule has 1 atom stereocenters. The third-order valence-corrected chi connectivity index (χ3v) is 3.90. The number of para-hydroxylation sites is 2. The molecule has 1 aliphatic heterocycles. The summed E-state index contributed by atoms with van der Waals surface area (Å²) in [6.45, 7) is 4.19. The van der Waals surface area contributed by atoms with Gasteiger partial charge in [0.2, 0.25) is 5.91 Å². The zero-order chi connectivity index (χ0) is 15.7. The maximum atomic E-state index is 12.9. The van der Waals surface area contributed by atoms with E-state index in [1.165, 1.54) is 0 Å². The highest BCUT2D eigenvalue weighted by molar-refractivity contribution is 6.10. The van der Waals surface area contributed by atoms with Crippen molar-refractivity contribution in [2.75, 3.05) is 16.8 Å². The fraction of sp³-hybridized carbons (Fsp3) is 0.222. The van der Waals surface area contributed by atoms with Gasteiger partial charge in [-0.2, -0.15) is 0 Å². The van der Waals surface area contributed by atoms with Gasteiger partial charge in [-0.25, -0.2) is 0 Å². The summed E-state index contributed by atoms with van der Waals surface area (Å²) >= 11 is 0. The third-order valence-electron chi connectivity index (χ3n) is 3.90. The van der Waals surface area contributed by atoms with Crippen LogP contribution in [0.3, 0.4) is 0 Å². The zero-order valence-corrected chi connectivity index (χ0v) is 12.7. The van der Waals surface area contributed by atoms with E-state index in [0.717, 1.165) is 11.3 Å². The fourth-order valence-corrected chi connectivity index (χ4v) is 2.57. The number of amides is 2. The first kappa shape index (κ1) is 14.3. The van der Waals surface area contributed by atoms with Crippen molar-refractivity contribution in [3.05, 3.63) is 59.7 Å². The molecular weight excluding hydrogens is 276 g/mol. The smallest absolute Gasteiger partial charge is 0.258 e. The SMILES string of the molecule is Cc1ccc(C(=O)N2CC(C)C(=O)Nc3ccccc32)cc1. The lowest BCUT2D eigenvalue weighted by atomic mass is 10.1. The molecule has 1 N–H and O–H groups in total. The van der Waals surface area contributed by atoms with Crippen LogP contribution in [0.2, 0.25) is 0 Å². The Bertz CT molecular complexity index is 722. The molecule has 0 radical (unpaired) electrons. The predicted molar refractivity (Wildman–Crippen MR) is 87.1 cm³/mol. The van der Waals surface area contributed by atoms with Gasteiger partial charge in [-0.3, -0.25) is 9.59 Å². The van der Waals surface area contributed by atoms with Crippen molar-refractivity contribution >= 4 is 23.2 Å². The minimum absolute atomic E-state index is 0.0633. The summed E-state index contributed by atoms with van der Waals surface area (Å²) in [5.41, 5.74) is 3.16. The first-order chi connectivity index (χ1) is 10.6. The van der Waals surface area contributed by atoms with Crippen molar-refractivity contribution < 1.29 is 9.59 Å². The molecule has 0 bridgehead atoms. The minimum Gasteiger partial charge on any atom is -0.324 e. The summed E-state index contributed by atoms with van der Waals surface area (Å²) in [6, 6.07) is 14.9. The molecule has 112 valence electrons. The molecule has 1 aliphatic rings. The Kier molecular flexibility index (Phi) is 3.67. The van der Waals surface area contributed by atoms with Gasteiger partial charge in [-0.15, -0.1) is 0 Å². The number of rotatable bonds is 1. The molecule has 0 fully saturated rings. The Hall–Kier alpha value is -2.62. The normalized spacial score (nSPS) is 17.5. The summed E-state index contributed by atoms with van der Waals surface area (Å²) in [4.78, 5) is 26.6. The molecule has 4 nitrogen and oxygen atoms in total. The molecular formula is C18H18N2O2. The van der Waals surface area contributed by atoms with E-state index in [1.54, 1.807) is 4.90 Å². The molecule has 22 heavy (non-hydrogen) atoms. The lowest BCUT2D eigenvalue weighted by molar-refractivity contribution is -0.119. The van der Waals surface area contributed by atoms with E-state index < -0.39 is 0 Å². The number of nitrogens with zero attached hydrogens (tertiary/aromatic N) is 1. The molecule has 2 amide bonds. The number of anilines is 2. The van der Waals surface area contributed by atoms with Crippen LogP contribution >= 0.6 is 0 Å². The van der Waals surface area contributed by atoms with Gasteiger partial charge in [0.15, 0.2) is 0 Å². The van der Waals surface area contributed by atoms with Crippen LogP contribution in [0.5, 0.6) is 0 Å². The Balaban J connectivity index is 2.02. The number of hydrogen-bond acceptors (Lipinski definition) is 2. The molecule has 1 unspecified atom stereocenters. The van der Waals surface area contributed by atoms with Crippen molar-refractivity contribution in [3.8, 4) is 0 Å². The van der Waals surface area contributed by atoms with Gasteiger partial charge >= 0.3 is 0 Å². The highest BCUT2D eigenvalue weighted by Crippen LogP contribution is 2.31. The van der Waals surface area contributed by atoms with Gasteiger partial charge < -0.3 is 10.2 Å². The van der Waals surface area contributed by atoms with E-state index in [4.69, 9.17) is 0 Å². The maximum Gasteiger partial charge on any atom is 0.258 e.